The number of aliphatic hydroxyl groups excluding tert-OH is 1. The molecule has 0 bridgehead atoms. The molecule has 0 spiro atoms. The van der Waals surface area contributed by atoms with Crippen molar-refractivity contribution >= 4 is 0 Å². The Labute approximate surface area is 105 Å². The fourth-order valence-corrected chi connectivity index (χ4v) is 2.24. The number of aliphatic hydroxyl groups is 1. The van der Waals surface area contributed by atoms with Gasteiger partial charge in [-0.05, 0) is 32.3 Å². The molecule has 0 aromatic heterocycles. The minimum atomic E-state index is -0.127. The molecule has 0 amide bonds. The summed E-state index contributed by atoms with van der Waals surface area (Å²) in [7, 11) is 0. The van der Waals surface area contributed by atoms with Crippen molar-refractivity contribution in [3.05, 3.63) is 34.9 Å². The fourth-order valence-electron chi connectivity index (χ4n) is 2.24. The topological polar surface area (TPSA) is 32.3 Å². The summed E-state index contributed by atoms with van der Waals surface area (Å²) in [6, 6.07) is 6.59. The molecule has 1 rings (SSSR count). The molecule has 0 atom stereocenters. The third kappa shape index (κ3) is 3.83. The van der Waals surface area contributed by atoms with E-state index in [2.05, 4.69) is 51.2 Å². The Hall–Kier alpha value is -0.860. The molecule has 2 nitrogen and oxygen atoms in total. The highest BCUT2D eigenvalue weighted by molar-refractivity contribution is 5.28. The van der Waals surface area contributed by atoms with Crippen LogP contribution in [0.3, 0.4) is 0 Å². The standard InChI is InChI=1S/C15H25NO/c1-5-15(6-2,11-17)16-10-14-8-12(3)7-13(4)9-14/h7-9,16-17H,5-6,10-11H2,1-4H3. The van der Waals surface area contributed by atoms with Crippen LogP contribution in [0.25, 0.3) is 0 Å². The summed E-state index contributed by atoms with van der Waals surface area (Å²) in [6.07, 6.45) is 1.90. The molecule has 0 heterocycles. The molecule has 0 unspecified atom stereocenters. The van der Waals surface area contributed by atoms with E-state index in [9.17, 15) is 5.11 Å². The molecule has 0 saturated heterocycles. The van der Waals surface area contributed by atoms with Crippen molar-refractivity contribution in [3.8, 4) is 0 Å². The molecule has 0 fully saturated rings. The molecule has 2 heteroatoms. The summed E-state index contributed by atoms with van der Waals surface area (Å²) >= 11 is 0. The van der Waals surface area contributed by atoms with Crippen molar-refractivity contribution in [2.45, 2.75) is 52.6 Å². The molecule has 1 aromatic rings. The van der Waals surface area contributed by atoms with Crippen LogP contribution >= 0.6 is 0 Å². The van der Waals surface area contributed by atoms with Crippen molar-refractivity contribution in [2.24, 2.45) is 0 Å². The highest BCUT2D eigenvalue weighted by atomic mass is 16.3. The van der Waals surface area contributed by atoms with E-state index in [0.717, 1.165) is 19.4 Å². The van der Waals surface area contributed by atoms with Gasteiger partial charge in [-0.3, -0.25) is 0 Å². The van der Waals surface area contributed by atoms with Crippen LogP contribution in [0.1, 0.15) is 43.4 Å². The first-order valence-electron chi connectivity index (χ1n) is 6.48. The summed E-state index contributed by atoms with van der Waals surface area (Å²) in [5, 5.41) is 13.0. The lowest BCUT2D eigenvalue weighted by molar-refractivity contribution is 0.149. The quantitative estimate of drug-likeness (QED) is 0.794. The summed E-state index contributed by atoms with van der Waals surface area (Å²) in [5.74, 6) is 0. The smallest absolute Gasteiger partial charge is 0.0613 e. The molecule has 0 saturated carbocycles. The minimum Gasteiger partial charge on any atom is -0.394 e. The Bertz CT molecular complexity index is 327. The van der Waals surface area contributed by atoms with Gasteiger partial charge in [-0.1, -0.05) is 43.2 Å². The average molecular weight is 235 g/mol. The van der Waals surface area contributed by atoms with E-state index in [4.69, 9.17) is 0 Å². The molecule has 0 aliphatic rings. The van der Waals surface area contributed by atoms with Gasteiger partial charge in [0.2, 0.25) is 0 Å². The predicted molar refractivity (Wildman–Crippen MR) is 73.2 cm³/mol. The van der Waals surface area contributed by atoms with E-state index >= 15 is 0 Å². The van der Waals surface area contributed by atoms with Crippen molar-refractivity contribution in [3.63, 3.8) is 0 Å². The largest absolute Gasteiger partial charge is 0.394 e. The third-order valence-corrected chi connectivity index (χ3v) is 3.61. The van der Waals surface area contributed by atoms with Crippen LogP contribution in [-0.2, 0) is 6.54 Å². The van der Waals surface area contributed by atoms with Crippen molar-refractivity contribution in [1.29, 1.82) is 0 Å². The van der Waals surface area contributed by atoms with Crippen LogP contribution in [0.15, 0.2) is 18.2 Å². The molecule has 0 aliphatic carbocycles. The summed E-state index contributed by atoms with van der Waals surface area (Å²) in [6.45, 7) is 9.50. The van der Waals surface area contributed by atoms with Crippen LogP contribution < -0.4 is 5.32 Å². The van der Waals surface area contributed by atoms with Crippen molar-refractivity contribution < 1.29 is 5.11 Å². The lowest BCUT2D eigenvalue weighted by atomic mass is 9.93. The average Bonchev–Trinajstić information content (AvgIpc) is 2.30. The molecule has 1 aromatic carbocycles. The zero-order chi connectivity index (χ0) is 12.9. The minimum absolute atomic E-state index is 0.127. The second-order valence-electron chi connectivity index (χ2n) is 5.00. The Morgan fingerprint density at radius 2 is 1.59 bits per heavy atom. The first-order valence-corrected chi connectivity index (χ1v) is 6.48. The Balaban J connectivity index is 2.71. The number of aryl methyl sites for hydroxylation is 2. The molecule has 96 valence electrons. The Morgan fingerprint density at radius 3 is 2.00 bits per heavy atom. The summed E-state index contributed by atoms with van der Waals surface area (Å²) in [5.41, 5.74) is 3.76. The van der Waals surface area contributed by atoms with Crippen LogP contribution in [0.5, 0.6) is 0 Å². The van der Waals surface area contributed by atoms with Crippen LogP contribution in [-0.4, -0.2) is 17.3 Å². The van der Waals surface area contributed by atoms with E-state index in [1.165, 1.54) is 16.7 Å². The third-order valence-electron chi connectivity index (χ3n) is 3.61. The monoisotopic (exact) mass is 235 g/mol. The van der Waals surface area contributed by atoms with Gasteiger partial charge in [0.1, 0.15) is 0 Å². The Kier molecular flexibility index (Phi) is 5.16. The second kappa shape index (κ2) is 6.18. The first kappa shape index (κ1) is 14.2. The van der Waals surface area contributed by atoms with E-state index < -0.39 is 0 Å². The van der Waals surface area contributed by atoms with E-state index in [1.54, 1.807) is 0 Å². The van der Waals surface area contributed by atoms with Crippen LogP contribution in [0, 0.1) is 13.8 Å². The SMILES string of the molecule is CCC(CC)(CO)NCc1cc(C)cc(C)c1. The molecule has 2 N–H and O–H groups in total. The zero-order valence-corrected chi connectivity index (χ0v) is 11.5. The summed E-state index contributed by atoms with van der Waals surface area (Å²) in [4.78, 5) is 0. The molecule has 0 aliphatic heterocycles. The van der Waals surface area contributed by atoms with Crippen molar-refractivity contribution in [2.75, 3.05) is 6.61 Å². The predicted octanol–water partition coefficient (Wildman–Crippen LogP) is 2.94. The van der Waals surface area contributed by atoms with Gasteiger partial charge in [-0.15, -0.1) is 0 Å². The lowest BCUT2D eigenvalue weighted by Gasteiger charge is -2.31. The number of nitrogens with one attached hydrogen (secondary N) is 1. The van der Waals surface area contributed by atoms with Crippen LogP contribution in [0.2, 0.25) is 0 Å². The van der Waals surface area contributed by atoms with E-state index in [-0.39, 0.29) is 12.1 Å². The van der Waals surface area contributed by atoms with Gasteiger partial charge < -0.3 is 10.4 Å². The maximum atomic E-state index is 9.50. The van der Waals surface area contributed by atoms with Crippen molar-refractivity contribution in [1.82, 2.24) is 5.32 Å². The van der Waals surface area contributed by atoms with Gasteiger partial charge in [0.05, 0.1) is 6.61 Å². The second-order valence-corrected chi connectivity index (χ2v) is 5.00. The first-order chi connectivity index (χ1) is 8.05. The van der Waals surface area contributed by atoms with Gasteiger partial charge in [0, 0.05) is 12.1 Å². The maximum absolute atomic E-state index is 9.50. The molecular weight excluding hydrogens is 210 g/mol. The lowest BCUT2D eigenvalue weighted by Crippen LogP contribution is -2.47. The van der Waals surface area contributed by atoms with E-state index in [0.29, 0.717) is 0 Å². The van der Waals surface area contributed by atoms with Crippen LogP contribution in [0.4, 0.5) is 0 Å². The summed E-state index contributed by atoms with van der Waals surface area (Å²) < 4.78 is 0. The number of hydrogen-bond acceptors (Lipinski definition) is 2. The molecular formula is C15H25NO. The highest BCUT2D eigenvalue weighted by Gasteiger charge is 2.23. The Morgan fingerprint density at radius 1 is 1.06 bits per heavy atom. The van der Waals surface area contributed by atoms with Gasteiger partial charge in [0.25, 0.3) is 0 Å². The van der Waals surface area contributed by atoms with Gasteiger partial charge >= 0.3 is 0 Å². The normalized spacial score (nSPS) is 11.8. The molecule has 0 radical (unpaired) electrons. The number of hydrogen-bond donors (Lipinski definition) is 2. The van der Waals surface area contributed by atoms with Gasteiger partial charge in [0.15, 0.2) is 0 Å². The number of benzene rings is 1. The zero-order valence-electron chi connectivity index (χ0n) is 11.5. The maximum Gasteiger partial charge on any atom is 0.0613 e. The molecule has 17 heavy (non-hydrogen) atoms. The van der Waals surface area contributed by atoms with E-state index in [1.807, 2.05) is 0 Å². The number of rotatable bonds is 6. The van der Waals surface area contributed by atoms with Gasteiger partial charge in [-0.2, -0.15) is 0 Å². The fraction of sp³-hybridized carbons (Fsp3) is 0.600. The highest BCUT2D eigenvalue weighted by Crippen LogP contribution is 2.16. The van der Waals surface area contributed by atoms with Gasteiger partial charge in [-0.25, -0.2) is 0 Å².